The van der Waals surface area contributed by atoms with Crippen molar-refractivity contribution in [3.8, 4) is 0 Å². The third kappa shape index (κ3) is 2.36. The number of carbonyl (C=O) groups is 1. The van der Waals surface area contributed by atoms with Gasteiger partial charge in [0.1, 0.15) is 0 Å². The second-order valence-corrected chi connectivity index (χ2v) is 4.18. The summed E-state index contributed by atoms with van der Waals surface area (Å²) in [6.45, 7) is 7.28. The molecule has 0 bridgehead atoms. The minimum atomic E-state index is 0.218. The van der Waals surface area contributed by atoms with Crippen molar-refractivity contribution in [2.24, 2.45) is 5.41 Å². The van der Waals surface area contributed by atoms with E-state index in [1.165, 1.54) is 0 Å². The molecule has 0 aromatic heterocycles. The van der Waals surface area contributed by atoms with Crippen LogP contribution < -0.4 is 5.32 Å². The minimum absolute atomic E-state index is 0.218. The first kappa shape index (κ1) is 9.30. The number of nitrogens with one attached hydrogen (secondary N) is 1. The molecule has 2 nitrogen and oxygen atoms in total. The average molecular weight is 167 g/mol. The molecule has 2 heteroatoms. The smallest absolute Gasteiger partial charge is 0.157 e. The quantitative estimate of drug-likeness (QED) is 0.636. The van der Waals surface area contributed by atoms with Gasteiger partial charge < -0.3 is 5.32 Å². The van der Waals surface area contributed by atoms with Crippen molar-refractivity contribution in [2.45, 2.75) is 33.6 Å². The Hall–Kier alpha value is -0.790. The second-order valence-electron chi connectivity index (χ2n) is 4.18. The van der Waals surface area contributed by atoms with Crippen LogP contribution in [0.1, 0.15) is 33.6 Å². The van der Waals surface area contributed by atoms with E-state index in [0.717, 1.165) is 18.7 Å². The van der Waals surface area contributed by atoms with E-state index in [9.17, 15) is 4.79 Å². The molecule has 1 rings (SSSR count). The summed E-state index contributed by atoms with van der Waals surface area (Å²) in [4.78, 5) is 11.1. The fraction of sp³-hybridized carbons (Fsp3) is 0.700. The Bertz CT molecular complexity index is 216. The van der Waals surface area contributed by atoms with Crippen LogP contribution in [-0.4, -0.2) is 12.3 Å². The van der Waals surface area contributed by atoms with E-state index >= 15 is 0 Å². The Morgan fingerprint density at radius 2 is 2.33 bits per heavy atom. The summed E-state index contributed by atoms with van der Waals surface area (Å²) in [6.07, 6.45) is 3.35. The van der Waals surface area contributed by atoms with E-state index in [1.807, 2.05) is 6.92 Å². The normalized spacial score (nSPS) is 24.1. The van der Waals surface area contributed by atoms with E-state index in [-0.39, 0.29) is 5.78 Å². The molecule has 0 unspecified atom stereocenters. The van der Waals surface area contributed by atoms with Crippen molar-refractivity contribution in [3.05, 3.63) is 11.8 Å². The first-order chi connectivity index (χ1) is 5.53. The Kier molecular flexibility index (Phi) is 2.55. The number of hydrogen-bond acceptors (Lipinski definition) is 2. The van der Waals surface area contributed by atoms with Crippen LogP contribution in [-0.2, 0) is 4.79 Å². The van der Waals surface area contributed by atoms with Crippen LogP contribution in [0.2, 0.25) is 0 Å². The first-order valence-corrected chi connectivity index (χ1v) is 4.51. The van der Waals surface area contributed by atoms with Gasteiger partial charge in [-0.25, -0.2) is 0 Å². The predicted octanol–water partition coefficient (Wildman–Crippen LogP) is 1.87. The Labute approximate surface area is 74.0 Å². The molecule has 0 atom stereocenters. The van der Waals surface area contributed by atoms with Crippen LogP contribution in [0.3, 0.4) is 0 Å². The maximum absolute atomic E-state index is 11.1. The Balaban J connectivity index is 2.57. The van der Waals surface area contributed by atoms with E-state index in [0.29, 0.717) is 11.8 Å². The van der Waals surface area contributed by atoms with Gasteiger partial charge in [0.05, 0.1) is 0 Å². The lowest BCUT2D eigenvalue weighted by Crippen LogP contribution is -2.15. The molecule has 0 aromatic carbocycles. The second kappa shape index (κ2) is 3.30. The van der Waals surface area contributed by atoms with Gasteiger partial charge in [-0.3, -0.25) is 4.79 Å². The van der Waals surface area contributed by atoms with Crippen LogP contribution >= 0.6 is 0 Å². The summed E-state index contributed by atoms with van der Waals surface area (Å²) in [5, 5.41) is 3.25. The van der Waals surface area contributed by atoms with Crippen molar-refractivity contribution >= 4 is 5.78 Å². The molecule has 1 aliphatic heterocycles. The molecule has 0 saturated carbocycles. The first-order valence-electron chi connectivity index (χ1n) is 4.51. The molecule has 1 heterocycles. The Morgan fingerprint density at radius 1 is 1.67 bits per heavy atom. The van der Waals surface area contributed by atoms with Crippen LogP contribution in [0.25, 0.3) is 0 Å². The summed E-state index contributed by atoms with van der Waals surface area (Å²) < 4.78 is 0. The molecule has 12 heavy (non-hydrogen) atoms. The van der Waals surface area contributed by atoms with E-state index in [2.05, 4.69) is 19.2 Å². The van der Waals surface area contributed by atoms with Crippen LogP contribution in [0.4, 0.5) is 0 Å². The van der Waals surface area contributed by atoms with E-state index in [4.69, 9.17) is 0 Å². The highest BCUT2D eigenvalue weighted by Crippen LogP contribution is 2.28. The molecular formula is C10H17NO. The van der Waals surface area contributed by atoms with Gasteiger partial charge in [-0.1, -0.05) is 20.8 Å². The van der Waals surface area contributed by atoms with Gasteiger partial charge >= 0.3 is 0 Å². The lowest BCUT2D eigenvalue weighted by atomic mass is 9.92. The summed E-state index contributed by atoms with van der Waals surface area (Å²) in [5.74, 6) is 0.218. The zero-order valence-electron chi connectivity index (χ0n) is 8.11. The third-order valence-corrected chi connectivity index (χ3v) is 2.15. The van der Waals surface area contributed by atoms with E-state index < -0.39 is 0 Å². The standard InChI is InChI=1S/C10H17NO/c1-4-9(12)5-8-6-10(2,3)7-11-8/h5,11H,4,6-7H2,1-3H3/b8-5-. The molecule has 0 amide bonds. The summed E-state index contributed by atoms with van der Waals surface area (Å²) >= 11 is 0. The zero-order chi connectivity index (χ0) is 9.19. The van der Waals surface area contributed by atoms with Gasteiger partial charge in [0, 0.05) is 24.7 Å². The molecule has 0 aromatic rings. The fourth-order valence-corrected chi connectivity index (χ4v) is 1.39. The summed E-state index contributed by atoms with van der Waals surface area (Å²) in [5.41, 5.74) is 1.42. The largest absolute Gasteiger partial charge is 0.388 e. The van der Waals surface area contributed by atoms with Crippen molar-refractivity contribution < 1.29 is 4.79 Å². The van der Waals surface area contributed by atoms with E-state index in [1.54, 1.807) is 6.08 Å². The summed E-state index contributed by atoms with van der Waals surface area (Å²) in [7, 11) is 0. The molecule has 0 radical (unpaired) electrons. The number of allylic oxidation sites excluding steroid dienone is 2. The fourth-order valence-electron chi connectivity index (χ4n) is 1.39. The number of rotatable bonds is 2. The van der Waals surface area contributed by atoms with Gasteiger partial charge in [0.15, 0.2) is 5.78 Å². The molecule has 1 fully saturated rings. The monoisotopic (exact) mass is 167 g/mol. The highest BCUT2D eigenvalue weighted by atomic mass is 16.1. The lowest BCUT2D eigenvalue weighted by molar-refractivity contribution is -0.114. The van der Waals surface area contributed by atoms with Crippen molar-refractivity contribution in [3.63, 3.8) is 0 Å². The highest BCUT2D eigenvalue weighted by molar-refractivity contribution is 5.89. The van der Waals surface area contributed by atoms with Crippen molar-refractivity contribution in [1.29, 1.82) is 0 Å². The van der Waals surface area contributed by atoms with Crippen LogP contribution in [0, 0.1) is 5.41 Å². The third-order valence-electron chi connectivity index (χ3n) is 2.15. The topological polar surface area (TPSA) is 29.1 Å². The SMILES string of the molecule is CCC(=O)/C=C1/CC(C)(C)CN1. The highest BCUT2D eigenvalue weighted by Gasteiger charge is 2.26. The molecule has 1 aliphatic rings. The number of carbonyl (C=O) groups excluding carboxylic acids is 1. The number of hydrogen-bond donors (Lipinski definition) is 1. The molecule has 0 spiro atoms. The van der Waals surface area contributed by atoms with Crippen LogP contribution in [0.5, 0.6) is 0 Å². The maximum Gasteiger partial charge on any atom is 0.157 e. The van der Waals surface area contributed by atoms with Crippen molar-refractivity contribution in [2.75, 3.05) is 6.54 Å². The average Bonchev–Trinajstić information content (AvgIpc) is 2.30. The molecule has 0 aliphatic carbocycles. The van der Waals surface area contributed by atoms with Gasteiger partial charge in [0.2, 0.25) is 0 Å². The molecular weight excluding hydrogens is 150 g/mol. The number of ketones is 1. The van der Waals surface area contributed by atoms with Gasteiger partial charge in [-0.05, 0) is 11.8 Å². The van der Waals surface area contributed by atoms with Crippen LogP contribution in [0.15, 0.2) is 11.8 Å². The maximum atomic E-state index is 11.1. The van der Waals surface area contributed by atoms with Gasteiger partial charge in [0.25, 0.3) is 0 Å². The molecule has 68 valence electrons. The lowest BCUT2D eigenvalue weighted by Gasteiger charge is -2.12. The predicted molar refractivity (Wildman–Crippen MR) is 49.8 cm³/mol. The van der Waals surface area contributed by atoms with Gasteiger partial charge in [-0.15, -0.1) is 0 Å². The Morgan fingerprint density at radius 3 is 2.75 bits per heavy atom. The summed E-state index contributed by atoms with van der Waals surface area (Å²) in [6, 6.07) is 0. The molecule has 1 saturated heterocycles. The minimum Gasteiger partial charge on any atom is -0.388 e. The zero-order valence-corrected chi connectivity index (χ0v) is 8.11. The molecule has 1 N–H and O–H groups in total. The van der Waals surface area contributed by atoms with Crippen molar-refractivity contribution in [1.82, 2.24) is 5.32 Å². The van der Waals surface area contributed by atoms with Gasteiger partial charge in [-0.2, -0.15) is 0 Å².